The summed E-state index contributed by atoms with van der Waals surface area (Å²) in [4.78, 5) is 50.7. The first-order chi connectivity index (χ1) is 11.9. The van der Waals surface area contributed by atoms with Gasteiger partial charge in [-0.1, -0.05) is 6.07 Å². The van der Waals surface area contributed by atoms with E-state index in [0.29, 0.717) is 30.8 Å². The van der Waals surface area contributed by atoms with Gasteiger partial charge in [-0.15, -0.1) is 11.3 Å². The van der Waals surface area contributed by atoms with Gasteiger partial charge in [-0.3, -0.25) is 19.2 Å². The molecule has 25 heavy (non-hydrogen) atoms. The molecule has 136 valence electrons. The molecule has 1 aliphatic heterocycles. The molecule has 0 spiro atoms. The number of nitrogens with zero attached hydrogens (tertiary/aromatic N) is 2. The van der Waals surface area contributed by atoms with E-state index in [2.05, 4.69) is 0 Å². The Bertz CT molecular complexity index is 635. The maximum Gasteiger partial charge on any atom is 0.306 e. The van der Waals surface area contributed by atoms with Crippen LogP contribution in [0.15, 0.2) is 17.5 Å². The van der Waals surface area contributed by atoms with E-state index in [4.69, 9.17) is 5.11 Å². The predicted octanol–water partition coefficient (Wildman–Crippen LogP) is 1.49. The van der Waals surface area contributed by atoms with E-state index in [-0.39, 0.29) is 37.0 Å². The topological polar surface area (TPSA) is 95.0 Å². The van der Waals surface area contributed by atoms with E-state index in [1.807, 2.05) is 5.38 Å². The van der Waals surface area contributed by atoms with Gasteiger partial charge in [0.25, 0.3) is 0 Å². The van der Waals surface area contributed by atoms with Crippen LogP contribution in [-0.2, 0) is 14.4 Å². The van der Waals surface area contributed by atoms with Crippen molar-refractivity contribution in [2.45, 2.75) is 25.7 Å². The highest BCUT2D eigenvalue weighted by molar-refractivity contribution is 7.12. The van der Waals surface area contributed by atoms with Crippen molar-refractivity contribution >= 4 is 34.9 Å². The van der Waals surface area contributed by atoms with Crippen molar-refractivity contribution in [3.63, 3.8) is 0 Å². The van der Waals surface area contributed by atoms with Gasteiger partial charge >= 0.3 is 5.97 Å². The van der Waals surface area contributed by atoms with Crippen molar-refractivity contribution in [1.82, 2.24) is 9.80 Å². The standard InChI is InChI=1S/C17H22N2O5S/c1-18(15(21)5-4-13(20)14-3-2-10-25-14)11-16(22)19-8-6-12(7-9-19)17(23)24/h2-3,10,12H,4-9,11H2,1H3,(H,23,24). The molecule has 1 N–H and O–H groups in total. The highest BCUT2D eigenvalue weighted by Gasteiger charge is 2.27. The lowest BCUT2D eigenvalue weighted by molar-refractivity contribution is -0.146. The van der Waals surface area contributed by atoms with Crippen LogP contribution in [0.25, 0.3) is 0 Å². The third kappa shape index (κ3) is 5.38. The molecule has 0 saturated carbocycles. The second kappa shape index (κ2) is 8.75. The number of rotatable bonds is 7. The Labute approximate surface area is 150 Å². The lowest BCUT2D eigenvalue weighted by Gasteiger charge is -2.31. The third-order valence-corrected chi connectivity index (χ3v) is 5.27. The van der Waals surface area contributed by atoms with Crippen LogP contribution in [0.3, 0.4) is 0 Å². The normalized spacial score (nSPS) is 15.0. The lowest BCUT2D eigenvalue weighted by atomic mass is 9.97. The van der Waals surface area contributed by atoms with Gasteiger partial charge in [-0.25, -0.2) is 0 Å². The summed E-state index contributed by atoms with van der Waals surface area (Å²) in [6, 6.07) is 3.52. The number of ketones is 1. The first kappa shape index (κ1) is 19.1. The lowest BCUT2D eigenvalue weighted by Crippen LogP contribution is -2.45. The third-order valence-electron chi connectivity index (χ3n) is 4.36. The van der Waals surface area contributed by atoms with Crippen LogP contribution in [0.1, 0.15) is 35.4 Å². The Morgan fingerprint density at radius 1 is 1.24 bits per heavy atom. The smallest absolute Gasteiger partial charge is 0.306 e. The molecule has 1 aromatic rings. The van der Waals surface area contributed by atoms with Crippen LogP contribution in [0, 0.1) is 5.92 Å². The van der Waals surface area contributed by atoms with Crippen molar-refractivity contribution in [3.05, 3.63) is 22.4 Å². The molecule has 2 rings (SSSR count). The number of Topliss-reactive ketones (excluding diaryl/α,β-unsaturated/α-hetero) is 1. The molecule has 2 heterocycles. The minimum atomic E-state index is -0.824. The molecule has 0 radical (unpaired) electrons. The molecule has 1 fully saturated rings. The Kier molecular flexibility index (Phi) is 6.69. The Balaban J connectivity index is 1.74. The quantitative estimate of drug-likeness (QED) is 0.738. The first-order valence-electron chi connectivity index (χ1n) is 8.19. The van der Waals surface area contributed by atoms with Gasteiger partial charge in [0, 0.05) is 33.0 Å². The maximum atomic E-state index is 12.2. The molecule has 1 aromatic heterocycles. The number of carbonyl (C=O) groups is 4. The summed E-state index contributed by atoms with van der Waals surface area (Å²) in [5, 5.41) is 10.8. The molecule has 0 unspecified atom stereocenters. The highest BCUT2D eigenvalue weighted by Crippen LogP contribution is 2.17. The predicted molar refractivity (Wildman–Crippen MR) is 92.5 cm³/mol. The fourth-order valence-electron chi connectivity index (χ4n) is 2.74. The Morgan fingerprint density at radius 2 is 1.92 bits per heavy atom. The molecule has 2 amide bonds. The fraction of sp³-hybridized carbons (Fsp3) is 0.529. The van der Waals surface area contributed by atoms with Gasteiger partial charge < -0.3 is 14.9 Å². The monoisotopic (exact) mass is 366 g/mol. The van der Waals surface area contributed by atoms with Crippen molar-refractivity contribution < 1.29 is 24.3 Å². The number of piperidine rings is 1. The second-order valence-corrected chi connectivity index (χ2v) is 7.09. The molecular formula is C17H22N2O5S. The summed E-state index contributed by atoms with van der Waals surface area (Å²) in [5.41, 5.74) is 0. The van der Waals surface area contributed by atoms with E-state index < -0.39 is 11.9 Å². The van der Waals surface area contributed by atoms with Crippen molar-refractivity contribution in [3.8, 4) is 0 Å². The number of likely N-dealkylation sites (N-methyl/N-ethyl adjacent to an activating group) is 1. The number of hydrogen-bond donors (Lipinski definition) is 1. The minimum Gasteiger partial charge on any atom is -0.481 e. The SMILES string of the molecule is CN(CC(=O)N1CCC(C(=O)O)CC1)C(=O)CCC(=O)c1cccs1. The average molecular weight is 366 g/mol. The number of hydrogen-bond acceptors (Lipinski definition) is 5. The summed E-state index contributed by atoms with van der Waals surface area (Å²) in [5.74, 6) is -1.73. The number of thiophene rings is 1. The van der Waals surface area contributed by atoms with Crippen LogP contribution in [-0.4, -0.2) is 65.2 Å². The number of carboxylic acids is 1. The van der Waals surface area contributed by atoms with E-state index >= 15 is 0 Å². The van der Waals surface area contributed by atoms with Gasteiger partial charge in [0.1, 0.15) is 0 Å². The van der Waals surface area contributed by atoms with Crippen LogP contribution < -0.4 is 0 Å². The molecule has 0 aromatic carbocycles. The van der Waals surface area contributed by atoms with Crippen molar-refractivity contribution in [2.24, 2.45) is 5.92 Å². The maximum absolute atomic E-state index is 12.2. The molecule has 8 heteroatoms. The van der Waals surface area contributed by atoms with Gasteiger partial charge in [0.15, 0.2) is 5.78 Å². The van der Waals surface area contributed by atoms with Crippen LogP contribution >= 0.6 is 11.3 Å². The van der Waals surface area contributed by atoms with Gasteiger partial charge in [-0.2, -0.15) is 0 Å². The second-order valence-electron chi connectivity index (χ2n) is 6.14. The van der Waals surface area contributed by atoms with Gasteiger partial charge in [-0.05, 0) is 24.3 Å². The molecule has 0 atom stereocenters. The minimum absolute atomic E-state index is 0.0518. The summed E-state index contributed by atoms with van der Waals surface area (Å²) >= 11 is 1.35. The number of aliphatic carboxylic acids is 1. The van der Waals surface area contributed by atoms with Gasteiger partial charge in [0.05, 0.1) is 17.3 Å². The summed E-state index contributed by atoms with van der Waals surface area (Å²) in [7, 11) is 1.54. The van der Waals surface area contributed by atoms with Gasteiger partial charge in [0.2, 0.25) is 11.8 Å². The number of likely N-dealkylation sites (tertiary alicyclic amines) is 1. The van der Waals surface area contributed by atoms with Crippen molar-refractivity contribution in [2.75, 3.05) is 26.7 Å². The highest BCUT2D eigenvalue weighted by atomic mass is 32.1. The number of carboxylic acid groups (broad SMARTS) is 1. The molecule has 0 bridgehead atoms. The van der Waals surface area contributed by atoms with Crippen molar-refractivity contribution in [1.29, 1.82) is 0 Å². The number of carbonyl (C=O) groups excluding carboxylic acids is 3. The average Bonchev–Trinajstić information content (AvgIpc) is 3.14. The van der Waals surface area contributed by atoms with E-state index in [1.54, 1.807) is 24.1 Å². The molecule has 7 nitrogen and oxygen atoms in total. The van der Waals surface area contributed by atoms with E-state index in [1.165, 1.54) is 16.2 Å². The Morgan fingerprint density at radius 3 is 2.48 bits per heavy atom. The zero-order valence-electron chi connectivity index (χ0n) is 14.1. The van der Waals surface area contributed by atoms with Crippen LogP contribution in [0.4, 0.5) is 0 Å². The summed E-state index contributed by atoms with van der Waals surface area (Å²) < 4.78 is 0. The van der Waals surface area contributed by atoms with E-state index in [0.717, 1.165) is 0 Å². The molecule has 1 saturated heterocycles. The van der Waals surface area contributed by atoms with Crippen LogP contribution in [0.2, 0.25) is 0 Å². The fourth-order valence-corrected chi connectivity index (χ4v) is 3.43. The zero-order chi connectivity index (χ0) is 18.4. The van der Waals surface area contributed by atoms with E-state index in [9.17, 15) is 19.2 Å². The largest absolute Gasteiger partial charge is 0.481 e. The first-order valence-corrected chi connectivity index (χ1v) is 9.07. The Hall–Kier alpha value is -2.22. The number of amides is 2. The summed E-state index contributed by atoms with van der Waals surface area (Å²) in [6.07, 6.45) is 1.07. The van der Waals surface area contributed by atoms with Crippen LogP contribution in [0.5, 0.6) is 0 Å². The summed E-state index contributed by atoms with van der Waals surface area (Å²) in [6.45, 7) is 0.743. The zero-order valence-corrected chi connectivity index (χ0v) is 15.0. The molecular weight excluding hydrogens is 344 g/mol. The molecule has 0 aliphatic carbocycles. The molecule has 1 aliphatic rings.